The molecule has 0 bridgehead atoms. The van der Waals surface area contributed by atoms with Gasteiger partial charge in [0.15, 0.2) is 0 Å². The van der Waals surface area contributed by atoms with Gasteiger partial charge >= 0.3 is 0 Å². The van der Waals surface area contributed by atoms with Crippen LogP contribution in [0.15, 0.2) is 41.8 Å². The van der Waals surface area contributed by atoms with Crippen molar-refractivity contribution in [2.75, 3.05) is 6.54 Å². The second-order valence-corrected chi connectivity index (χ2v) is 8.66. The molecule has 2 unspecified atom stereocenters. The minimum Gasteiger partial charge on any atom is -0.349 e. The van der Waals surface area contributed by atoms with E-state index in [1.807, 2.05) is 42.2 Å². The summed E-state index contributed by atoms with van der Waals surface area (Å²) in [6.45, 7) is 4.73. The summed E-state index contributed by atoms with van der Waals surface area (Å²) in [6.07, 6.45) is 2.34. The molecule has 0 saturated heterocycles. The molecule has 0 spiro atoms. The number of nitrogens with zero attached hydrogens (tertiary/aromatic N) is 1. The van der Waals surface area contributed by atoms with Gasteiger partial charge in [0, 0.05) is 24.9 Å². The number of fused-ring (bicyclic) bond motifs is 1. The van der Waals surface area contributed by atoms with Crippen LogP contribution in [0.4, 0.5) is 0 Å². The van der Waals surface area contributed by atoms with Crippen molar-refractivity contribution in [3.63, 3.8) is 0 Å². The van der Waals surface area contributed by atoms with E-state index >= 15 is 0 Å². The van der Waals surface area contributed by atoms with Crippen LogP contribution in [0.1, 0.15) is 55.2 Å². The minimum atomic E-state index is -0.545. The van der Waals surface area contributed by atoms with Crippen molar-refractivity contribution < 1.29 is 14.4 Å². The molecule has 1 aliphatic heterocycles. The van der Waals surface area contributed by atoms with E-state index in [0.717, 1.165) is 18.4 Å². The number of thiophene rings is 1. The van der Waals surface area contributed by atoms with Crippen LogP contribution in [0.3, 0.4) is 0 Å². The van der Waals surface area contributed by atoms with Crippen molar-refractivity contribution in [2.45, 2.75) is 58.2 Å². The van der Waals surface area contributed by atoms with Gasteiger partial charge in [-0.15, -0.1) is 11.3 Å². The van der Waals surface area contributed by atoms with Crippen molar-refractivity contribution in [2.24, 2.45) is 0 Å². The largest absolute Gasteiger partial charge is 0.349 e. The topological polar surface area (TPSA) is 78.5 Å². The molecule has 1 aromatic heterocycles. The van der Waals surface area contributed by atoms with Crippen LogP contribution in [0.5, 0.6) is 0 Å². The summed E-state index contributed by atoms with van der Waals surface area (Å²) < 4.78 is 0. The van der Waals surface area contributed by atoms with Gasteiger partial charge < -0.3 is 15.5 Å². The van der Waals surface area contributed by atoms with Crippen LogP contribution >= 0.6 is 11.3 Å². The van der Waals surface area contributed by atoms with Crippen molar-refractivity contribution in [1.29, 1.82) is 0 Å². The van der Waals surface area contributed by atoms with Crippen LogP contribution in [0.25, 0.3) is 0 Å². The van der Waals surface area contributed by atoms with Crippen molar-refractivity contribution in [3.8, 4) is 0 Å². The molecule has 3 rings (SSSR count). The molecular formula is C23H29N3O3S. The summed E-state index contributed by atoms with van der Waals surface area (Å²) in [7, 11) is 0. The molecule has 6 nitrogen and oxygen atoms in total. The zero-order chi connectivity index (χ0) is 21.5. The van der Waals surface area contributed by atoms with Crippen LogP contribution in [0, 0.1) is 0 Å². The molecule has 1 aliphatic rings. The Bertz CT molecular complexity index is 881. The zero-order valence-corrected chi connectivity index (χ0v) is 18.3. The van der Waals surface area contributed by atoms with E-state index < -0.39 is 12.1 Å². The monoisotopic (exact) mass is 427 g/mol. The highest BCUT2D eigenvalue weighted by atomic mass is 32.1. The Balaban J connectivity index is 1.65. The Morgan fingerprint density at radius 2 is 1.90 bits per heavy atom. The molecule has 0 saturated carbocycles. The number of nitrogens with one attached hydrogen (secondary N) is 2. The van der Waals surface area contributed by atoms with E-state index in [4.69, 9.17) is 0 Å². The number of rotatable bonds is 8. The Labute approximate surface area is 181 Å². The highest BCUT2D eigenvalue weighted by Gasteiger charge is 2.29. The predicted molar refractivity (Wildman–Crippen MR) is 118 cm³/mol. The summed E-state index contributed by atoms with van der Waals surface area (Å²) >= 11 is 1.74. The quantitative estimate of drug-likeness (QED) is 0.679. The molecule has 7 heteroatoms. The van der Waals surface area contributed by atoms with E-state index in [-0.39, 0.29) is 24.1 Å². The smallest absolute Gasteiger partial charge is 0.245 e. The van der Waals surface area contributed by atoms with Gasteiger partial charge in [-0.2, -0.15) is 0 Å². The molecule has 2 aromatic rings. The van der Waals surface area contributed by atoms with Crippen molar-refractivity contribution in [3.05, 3.63) is 57.8 Å². The third kappa shape index (κ3) is 5.69. The molecule has 1 aromatic carbocycles. The molecule has 160 valence electrons. The Kier molecular flexibility index (Phi) is 7.63. The molecule has 2 heterocycles. The second kappa shape index (κ2) is 10.4. The first-order chi connectivity index (χ1) is 14.5. The SMILES string of the molecule is CCCC(NC(=O)CC(NC(C)=O)c1ccccc1)C(=O)N1CCc2sccc2C1. The number of hydrogen-bond acceptors (Lipinski definition) is 4. The third-order valence-corrected chi connectivity index (χ3v) is 6.32. The number of hydrogen-bond donors (Lipinski definition) is 2. The summed E-state index contributed by atoms with van der Waals surface area (Å²) in [4.78, 5) is 40.8. The fraction of sp³-hybridized carbons (Fsp3) is 0.435. The van der Waals surface area contributed by atoms with E-state index in [2.05, 4.69) is 22.1 Å². The third-order valence-electron chi connectivity index (χ3n) is 5.30. The summed E-state index contributed by atoms with van der Waals surface area (Å²) in [5, 5.41) is 7.83. The lowest BCUT2D eigenvalue weighted by Gasteiger charge is -2.31. The zero-order valence-electron chi connectivity index (χ0n) is 17.5. The van der Waals surface area contributed by atoms with Gasteiger partial charge in [0.05, 0.1) is 12.5 Å². The lowest BCUT2D eigenvalue weighted by Crippen LogP contribution is -2.50. The standard InChI is InChI=1S/C23H29N3O3S/c1-3-7-19(23(29)26-12-10-21-18(15-26)11-13-30-21)25-22(28)14-20(24-16(2)27)17-8-5-4-6-9-17/h4-6,8-9,11,13,19-20H,3,7,10,12,14-15H2,1-2H3,(H,24,27)(H,25,28). The van der Waals surface area contributed by atoms with Crippen LogP contribution in [-0.4, -0.2) is 35.2 Å². The van der Waals surface area contributed by atoms with Gasteiger partial charge in [-0.3, -0.25) is 14.4 Å². The molecule has 2 N–H and O–H groups in total. The average molecular weight is 428 g/mol. The summed E-state index contributed by atoms with van der Waals surface area (Å²) in [6, 6.07) is 10.5. The number of benzene rings is 1. The number of amides is 3. The number of carbonyl (C=O) groups excluding carboxylic acids is 3. The highest BCUT2D eigenvalue weighted by Crippen LogP contribution is 2.25. The van der Waals surface area contributed by atoms with Gasteiger partial charge in [0.2, 0.25) is 17.7 Å². The van der Waals surface area contributed by atoms with Crippen LogP contribution in [-0.2, 0) is 27.3 Å². The fourth-order valence-electron chi connectivity index (χ4n) is 3.82. The van der Waals surface area contributed by atoms with Crippen LogP contribution < -0.4 is 10.6 Å². The molecule has 2 atom stereocenters. The highest BCUT2D eigenvalue weighted by molar-refractivity contribution is 7.10. The lowest BCUT2D eigenvalue weighted by molar-refractivity contribution is -0.137. The first-order valence-corrected chi connectivity index (χ1v) is 11.3. The molecule has 0 radical (unpaired) electrons. The number of carbonyl (C=O) groups is 3. The molecular weight excluding hydrogens is 398 g/mol. The molecule has 30 heavy (non-hydrogen) atoms. The van der Waals surface area contributed by atoms with Gasteiger partial charge in [0.25, 0.3) is 0 Å². The van der Waals surface area contributed by atoms with Crippen molar-refractivity contribution in [1.82, 2.24) is 15.5 Å². The van der Waals surface area contributed by atoms with E-state index in [9.17, 15) is 14.4 Å². The Hall–Kier alpha value is -2.67. The van der Waals surface area contributed by atoms with E-state index in [0.29, 0.717) is 19.5 Å². The van der Waals surface area contributed by atoms with E-state index in [1.54, 1.807) is 11.3 Å². The van der Waals surface area contributed by atoms with Gasteiger partial charge in [-0.25, -0.2) is 0 Å². The average Bonchev–Trinajstić information content (AvgIpc) is 3.20. The maximum absolute atomic E-state index is 13.1. The van der Waals surface area contributed by atoms with Gasteiger partial charge in [0.1, 0.15) is 6.04 Å². The maximum Gasteiger partial charge on any atom is 0.245 e. The Morgan fingerprint density at radius 1 is 1.13 bits per heavy atom. The maximum atomic E-state index is 13.1. The summed E-state index contributed by atoms with van der Waals surface area (Å²) in [5.41, 5.74) is 2.07. The Morgan fingerprint density at radius 3 is 2.60 bits per heavy atom. The first kappa shape index (κ1) is 22.0. The van der Waals surface area contributed by atoms with Crippen LogP contribution in [0.2, 0.25) is 0 Å². The summed E-state index contributed by atoms with van der Waals surface area (Å²) in [5.74, 6) is -0.465. The molecule has 0 fully saturated rings. The lowest BCUT2D eigenvalue weighted by atomic mass is 10.0. The predicted octanol–water partition coefficient (Wildman–Crippen LogP) is 3.19. The minimum absolute atomic E-state index is 0.0298. The van der Waals surface area contributed by atoms with Crippen molar-refractivity contribution >= 4 is 29.1 Å². The van der Waals surface area contributed by atoms with Gasteiger partial charge in [-0.05, 0) is 35.4 Å². The second-order valence-electron chi connectivity index (χ2n) is 7.66. The molecule has 3 amide bonds. The first-order valence-electron chi connectivity index (χ1n) is 10.4. The van der Waals surface area contributed by atoms with Gasteiger partial charge in [-0.1, -0.05) is 43.7 Å². The normalized spacial score (nSPS) is 15.1. The van der Waals surface area contributed by atoms with E-state index in [1.165, 1.54) is 17.4 Å². The molecule has 0 aliphatic carbocycles. The fourth-order valence-corrected chi connectivity index (χ4v) is 4.71.